The van der Waals surface area contributed by atoms with Crippen LogP contribution in [0.25, 0.3) is 0 Å². The number of hydrogen-bond acceptors (Lipinski definition) is 1. The zero-order chi connectivity index (χ0) is 11.7. The van der Waals surface area contributed by atoms with E-state index in [1.807, 2.05) is 11.8 Å². The van der Waals surface area contributed by atoms with Crippen molar-refractivity contribution in [3.8, 4) is 0 Å². The van der Waals surface area contributed by atoms with E-state index < -0.39 is 0 Å². The fourth-order valence-electron chi connectivity index (χ4n) is 1.12. The molecule has 86 valence electrons. The quantitative estimate of drug-likeness (QED) is 0.299. The van der Waals surface area contributed by atoms with Crippen LogP contribution >= 0.6 is 11.8 Å². The van der Waals surface area contributed by atoms with Crippen molar-refractivity contribution in [2.45, 2.75) is 40.0 Å². The summed E-state index contributed by atoms with van der Waals surface area (Å²) in [5, 5.41) is 1.30. The number of hydrogen-bond donors (Lipinski definition) is 0. The summed E-state index contributed by atoms with van der Waals surface area (Å²) in [6, 6.07) is 0. The molecular formula is C13H24NS+. The molecule has 0 aromatic rings. The molecule has 0 heterocycles. The highest BCUT2D eigenvalue weighted by atomic mass is 32.2. The van der Waals surface area contributed by atoms with E-state index in [-0.39, 0.29) is 0 Å². The minimum absolute atomic E-state index is 1.10. The third-order valence-electron chi connectivity index (χ3n) is 2.15. The molecule has 2 heteroatoms. The Morgan fingerprint density at radius 3 is 2.20 bits per heavy atom. The number of thioether (sulfide) groups is 1. The highest BCUT2D eigenvalue weighted by molar-refractivity contribution is 8.14. The van der Waals surface area contributed by atoms with Crippen molar-refractivity contribution in [3.63, 3.8) is 0 Å². The highest BCUT2D eigenvalue weighted by Crippen LogP contribution is 2.08. The van der Waals surface area contributed by atoms with Crippen molar-refractivity contribution < 1.29 is 4.58 Å². The molecule has 0 aliphatic rings. The maximum absolute atomic E-state index is 3.40. The standard InChI is InChI=1S/C13H24NS/c1-6-11-15-13(14(4)5)10-9-12(7-2)8-3/h10H,6-8,11H2,1-5H3/q+1. The maximum atomic E-state index is 3.40. The number of nitrogens with zero attached hydrogens (tertiary/aromatic N) is 1. The Kier molecular flexibility index (Phi) is 8.55. The van der Waals surface area contributed by atoms with Crippen LogP contribution in [0.5, 0.6) is 0 Å². The first kappa shape index (κ1) is 14.5. The second-order valence-corrected chi connectivity index (χ2v) is 4.80. The van der Waals surface area contributed by atoms with Crippen molar-refractivity contribution in [1.82, 2.24) is 0 Å². The molecule has 0 saturated heterocycles. The van der Waals surface area contributed by atoms with Gasteiger partial charge in [-0.3, -0.25) is 0 Å². The molecule has 0 aromatic carbocycles. The van der Waals surface area contributed by atoms with Crippen LogP contribution in [0.4, 0.5) is 0 Å². The zero-order valence-corrected chi connectivity index (χ0v) is 11.6. The van der Waals surface area contributed by atoms with Gasteiger partial charge in [-0.05, 0) is 24.8 Å². The average Bonchev–Trinajstić information content (AvgIpc) is 2.23. The Bertz CT molecular complexity index is 260. The molecule has 0 radical (unpaired) electrons. The summed E-state index contributed by atoms with van der Waals surface area (Å²) in [7, 11) is 4.18. The van der Waals surface area contributed by atoms with Crippen LogP contribution in [-0.4, -0.2) is 29.5 Å². The molecule has 0 saturated carbocycles. The summed E-state index contributed by atoms with van der Waals surface area (Å²) in [4.78, 5) is 0. The third-order valence-corrected chi connectivity index (χ3v) is 3.54. The molecule has 0 spiro atoms. The Morgan fingerprint density at radius 2 is 1.80 bits per heavy atom. The predicted octanol–water partition coefficient (Wildman–Crippen LogP) is 3.70. The summed E-state index contributed by atoms with van der Waals surface area (Å²) in [5.74, 6) is 1.18. The lowest BCUT2D eigenvalue weighted by atomic mass is 10.2. The van der Waals surface area contributed by atoms with Gasteiger partial charge in [-0.15, -0.1) is 5.73 Å². The molecule has 0 fully saturated rings. The van der Waals surface area contributed by atoms with Crippen molar-refractivity contribution >= 4 is 16.8 Å². The molecule has 1 nitrogen and oxygen atoms in total. The lowest BCUT2D eigenvalue weighted by Crippen LogP contribution is -2.07. The van der Waals surface area contributed by atoms with E-state index >= 15 is 0 Å². The van der Waals surface area contributed by atoms with Gasteiger partial charge in [-0.25, -0.2) is 4.58 Å². The average molecular weight is 226 g/mol. The van der Waals surface area contributed by atoms with E-state index in [1.165, 1.54) is 22.8 Å². The van der Waals surface area contributed by atoms with Gasteiger partial charge in [-0.2, -0.15) is 0 Å². The monoisotopic (exact) mass is 226 g/mol. The van der Waals surface area contributed by atoms with Crippen molar-refractivity contribution in [2.24, 2.45) is 0 Å². The first-order valence-corrected chi connectivity index (χ1v) is 6.75. The minimum Gasteiger partial charge on any atom is -0.229 e. The van der Waals surface area contributed by atoms with Gasteiger partial charge in [0.25, 0.3) is 0 Å². The van der Waals surface area contributed by atoms with Crippen LogP contribution in [0.2, 0.25) is 0 Å². The molecule has 0 rings (SSSR count). The molecule has 0 unspecified atom stereocenters. The van der Waals surface area contributed by atoms with E-state index in [0.717, 1.165) is 12.8 Å². The van der Waals surface area contributed by atoms with Crippen LogP contribution in [0.1, 0.15) is 40.0 Å². The zero-order valence-electron chi connectivity index (χ0n) is 10.8. The van der Waals surface area contributed by atoms with Crippen LogP contribution < -0.4 is 0 Å². The molecule has 0 amide bonds. The highest BCUT2D eigenvalue weighted by Gasteiger charge is 2.03. The van der Waals surface area contributed by atoms with E-state index in [4.69, 9.17) is 0 Å². The minimum atomic E-state index is 1.10. The normalized spacial score (nSPS) is 9.40. The summed E-state index contributed by atoms with van der Waals surface area (Å²) in [6.45, 7) is 6.59. The molecule has 0 aliphatic carbocycles. The summed E-state index contributed by atoms with van der Waals surface area (Å²) in [5.41, 5.74) is 4.80. The first-order valence-electron chi connectivity index (χ1n) is 5.77. The van der Waals surface area contributed by atoms with Gasteiger partial charge in [0.2, 0.25) is 5.04 Å². The Balaban J connectivity index is 4.69. The van der Waals surface area contributed by atoms with Crippen LogP contribution in [0.3, 0.4) is 0 Å². The summed E-state index contributed by atoms with van der Waals surface area (Å²) >= 11 is 1.90. The van der Waals surface area contributed by atoms with E-state index in [0.29, 0.717) is 0 Å². The van der Waals surface area contributed by atoms with E-state index in [1.54, 1.807) is 0 Å². The summed E-state index contributed by atoms with van der Waals surface area (Å²) in [6.07, 6.45) is 5.55. The van der Waals surface area contributed by atoms with Gasteiger partial charge in [0.15, 0.2) is 0 Å². The lowest BCUT2D eigenvalue weighted by Gasteiger charge is -1.97. The number of rotatable bonds is 5. The predicted molar refractivity (Wildman–Crippen MR) is 72.0 cm³/mol. The van der Waals surface area contributed by atoms with E-state index in [9.17, 15) is 0 Å². The summed E-state index contributed by atoms with van der Waals surface area (Å²) < 4.78 is 2.16. The molecule has 0 atom stereocenters. The SMILES string of the molecule is CCCSC(C=C=C(CC)CC)=[N+](C)C. The lowest BCUT2D eigenvalue weighted by molar-refractivity contribution is -0.460. The Hall–Kier alpha value is -0.460. The molecule has 0 aliphatic heterocycles. The fourth-order valence-corrected chi connectivity index (χ4v) is 1.94. The molecule has 0 bridgehead atoms. The van der Waals surface area contributed by atoms with Gasteiger partial charge >= 0.3 is 0 Å². The molecule has 15 heavy (non-hydrogen) atoms. The van der Waals surface area contributed by atoms with Gasteiger partial charge < -0.3 is 0 Å². The second-order valence-electron chi connectivity index (χ2n) is 3.68. The Labute approximate surface area is 99.0 Å². The third kappa shape index (κ3) is 6.59. The second kappa shape index (κ2) is 8.82. The van der Waals surface area contributed by atoms with Crippen LogP contribution in [0, 0.1) is 0 Å². The fraction of sp³-hybridized carbons (Fsp3) is 0.692. The Morgan fingerprint density at radius 1 is 1.20 bits per heavy atom. The first-order chi connectivity index (χ1) is 7.15. The van der Waals surface area contributed by atoms with Gasteiger partial charge in [0, 0.05) is 5.75 Å². The van der Waals surface area contributed by atoms with Crippen LogP contribution in [0.15, 0.2) is 17.4 Å². The maximum Gasteiger partial charge on any atom is 0.242 e. The smallest absolute Gasteiger partial charge is 0.229 e. The van der Waals surface area contributed by atoms with Gasteiger partial charge in [-0.1, -0.05) is 32.5 Å². The topological polar surface area (TPSA) is 3.01 Å². The molecule has 0 N–H and O–H groups in total. The largest absolute Gasteiger partial charge is 0.242 e. The van der Waals surface area contributed by atoms with Crippen molar-refractivity contribution in [1.29, 1.82) is 0 Å². The van der Waals surface area contributed by atoms with E-state index in [2.05, 4.69) is 51.2 Å². The van der Waals surface area contributed by atoms with Crippen molar-refractivity contribution in [3.05, 3.63) is 17.4 Å². The van der Waals surface area contributed by atoms with Crippen LogP contribution in [-0.2, 0) is 0 Å². The molecular weight excluding hydrogens is 202 g/mol. The van der Waals surface area contributed by atoms with Gasteiger partial charge in [0.1, 0.15) is 14.1 Å². The molecule has 0 aromatic heterocycles. The van der Waals surface area contributed by atoms with Crippen molar-refractivity contribution in [2.75, 3.05) is 19.8 Å². The van der Waals surface area contributed by atoms with Gasteiger partial charge in [0.05, 0.1) is 6.08 Å².